The van der Waals surface area contributed by atoms with E-state index < -0.39 is 0 Å². The number of hydrogen-bond acceptors (Lipinski definition) is 4. The van der Waals surface area contributed by atoms with Crippen LogP contribution in [0.5, 0.6) is 0 Å². The van der Waals surface area contributed by atoms with Gasteiger partial charge in [0.15, 0.2) is 0 Å². The molecule has 0 saturated heterocycles. The number of hydrogen-bond donors (Lipinski definition) is 0. The highest BCUT2D eigenvalue weighted by atomic mass is 16.6. The van der Waals surface area contributed by atoms with E-state index in [0.717, 1.165) is 0 Å². The van der Waals surface area contributed by atoms with E-state index in [9.17, 15) is 9.59 Å². The van der Waals surface area contributed by atoms with Crippen LogP contribution in [0.2, 0.25) is 0 Å². The number of carbonyl (C=O) groups excluding carboxylic acids is 2. The van der Waals surface area contributed by atoms with Crippen LogP contribution < -0.4 is 0 Å². The van der Waals surface area contributed by atoms with Crippen molar-refractivity contribution in [1.82, 2.24) is 0 Å². The van der Waals surface area contributed by atoms with Crippen molar-refractivity contribution in [2.75, 3.05) is 6.61 Å². The van der Waals surface area contributed by atoms with Gasteiger partial charge < -0.3 is 9.47 Å². The highest BCUT2D eigenvalue weighted by Gasteiger charge is 2.17. The van der Waals surface area contributed by atoms with Crippen molar-refractivity contribution >= 4 is 11.9 Å². The summed E-state index contributed by atoms with van der Waals surface area (Å²) in [6.45, 7) is 7.71. The molecule has 94 valence electrons. The summed E-state index contributed by atoms with van der Waals surface area (Å²) in [6.07, 6.45) is 1.08. The van der Waals surface area contributed by atoms with Crippen LogP contribution in [-0.4, -0.2) is 24.6 Å². The highest BCUT2D eigenvalue weighted by molar-refractivity contribution is 5.69. The van der Waals surface area contributed by atoms with Crippen LogP contribution in [0.25, 0.3) is 0 Å². The lowest BCUT2D eigenvalue weighted by atomic mass is 10.1. The molecular formula is C12H22O4. The zero-order chi connectivity index (χ0) is 12.6. The van der Waals surface area contributed by atoms with Crippen molar-refractivity contribution in [3.05, 3.63) is 0 Å². The lowest BCUT2D eigenvalue weighted by Gasteiger charge is -2.19. The van der Waals surface area contributed by atoms with Gasteiger partial charge in [0.05, 0.1) is 0 Å². The SMILES string of the molecule is CCC(=O)OCC(CC(C)C)OC(=O)CC. The molecule has 0 aliphatic carbocycles. The molecule has 0 heterocycles. The average molecular weight is 230 g/mol. The zero-order valence-corrected chi connectivity index (χ0v) is 10.6. The minimum absolute atomic E-state index is 0.163. The number of esters is 2. The average Bonchev–Trinajstić information content (AvgIpc) is 2.24. The molecule has 0 fully saturated rings. The molecule has 0 aromatic rings. The fraction of sp³-hybridized carbons (Fsp3) is 0.833. The lowest BCUT2D eigenvalue weighted by molar-refractivity contribution is -0.159. The van der Waals surface area contributed by atoms with E-state index in [1.54, 1.807) is 13.8 Å². The summed E-state index contributed by atoms with van der Waals surface area (Å²) in [5.74, 6) is -0.116. The Hall–Kier alpha value is -1.06. The molecule has 0 rings (SSSR count). The van der Waals surface area contributed by atoms with Crippen LogP contribution in [0.4, 0.5) is 0 Å². The summed E-state index contributed by atoms with van der Waals surface area (Å²) in [5.41, 5.74) is 0. The minimum atomic E-state index is -0.317. The Morgan fingerprint density at radius 3 is 2.06 bits per heavy atom. The van der Waals surface area contributed by atoms with Gasteiger partial charge in [-0.1, -0.05) is 27.7 Å². The first-order chi connectivity index (χ1) is 7.49. The Morgan fingerprint density at radius 2 is 1.62 bits per heavy atom. The molecule has 0 amide bonds. The molecule has 0 spiro atoms. The molecule has 16 heavy (non-hydrogen) atoms. The first-order valence-corrected chi connectivity index (χ1v) is 5.84. The number of carbonyl (C=O) groups is 2. The molecule has 1 atom stereocenters. The summed E-state index contributed by atoms with van der Waals surface area (Å²) in [4.78, 5) is 22.1. The third kappa shape index (κ3) is 7.26. The maximum absolute atomic E-state index is 11.2. The van der Waals surface area contributed by atoms with Gasteiger partial charge in [0.1, 0.15) is 12.7 Å². The van der Waals surface area contributed by atoms with Crippen molar-refractivity contribution in [2.24, 2.45) is 5.92 Å². The third-order valence-corrected chi connectivity index (χ3v) is 2.04. The predicted octanol–water partition coefficient (Wildman–Crippen LogP) is 2.31. The molecule has 0 aliphatic heterocycles. The molecule has 4 nitrogen and oxygen atoms in total. The van der Waals surface area contributed by atoms with Gasteiger partial charge in [0.25, 0.3) is 0 Å². The highest BCUT2D eigenvalue weighted by Crippen LogP contribution is 2.10. The third-order valence-electron chi connectivity index (χ3n) is 2.04. The Labute approximate surface area is 97.3 Å². The van der Waals surface area contributed by atoms with Crippen LogP contribution in [0.3, 0.4) is 0 Å². The first-order valence-electron chi connectivity index (χ1n) is 5.84. The monoisotopic (exact) mass is 230 g/mol. The van der Waals surface area contributed by atoms with E-state index in [4.69, 9.17) is 9.47 Å². The second kappa shape index (κ2) is 8.13. The quantitative estimate of drug-likeness (QED) is 0.630. The summed E-state index contributed by atoms with van der Waals surface area (Å²) >= 11 is 0. The van der Waals surface area contributed by atoms with Gasteiger partial charge in [-0.3, -0.25) is 9.59 Å². The summed E-state index contributed by atoms with van der Waals surface area (Å²) in [7, 11) is 0. The van der Waals surface area contributed by atoms with Crippen LogP contribution >= 0.6 is 0 Å². The molecular weight excluding hydrogens is 208 g/mol. The van der Waals surface area contributed by atoms with E-state index >= 15 is 0 Å². The molecule has 0 saturated carbocycles. The Bertz CT molecular complexity index is 223. The molecule has 1 unspecified atom stereocenters. The van der Waals surface area contributed by atoms with Crippen LogP contribution in [-0.2, 0) is 19.1 Å². The number of ether oxygens (including phenoxy) is 2. The van der Waals surface area contributed by atoms with Gasteiger partial charge in [-0.15, -0.1) is 0 Å². The van der Waals surface area contributed by atoms with E-state index in [1.165, 1.54) is 0 Å². The van der Waals surface area contributed by atoms with Gasteiger partial charge >= 0.3 is 11.9 Å². The smallest absolute Gasteiger partial charge is 0.305 e. The second-order valence-corrected chi connectivity index (χ2v) is 4.13. The standard InChI is InChI=1S/C12H22O4/c1-5-11(13)15-8-10(7-9(3)4)16-12(14)6-2/h9-10H,5-8H2,1-4H3. The van der Waals surface area contributed by atoms with Gasteiger partial charge in [0.2, 0.25) is 0 Å². The van der Waals surface area contributed by atoms with E-state index in [1.807, 2.05) is 13.8 Å². The molecule has 0 radical (unpaired) electrons. The molecule has 0 aromatic carbocycles. The second-order valence-electron chi connectivity index (χ2n) is 4.13. The largest absolute Gasteiger partial charge is 0.462 e. The van der Waals surface area contributed by atoms with Crippen molar-refractivity contribution in [3.8, 4) is 0 Å². The fourth-order valence-electron chi connectivity index (χ4n) is 1.23. The normalized spacial score (nSPS) is 12.3. The van der Waals surface area contributed by atoms with Gasteiger partial charge in [-0.25, -0.2) is 0 Å². The minimum Gasteiger partial charge on any atom is -0.462 e. The maximum atomic E-state index is 11.2. The summed E-state index contributed by atoms with van der Waals surface area (Å²) in [5, 5.41) is 0. The molecule has 0 N–H and O–H groups in total. The topological polar surface area (TPSA) is 52.6 Å². The molecule has 0 aromatic heterocycles. The fourth-order valence-corrected chi connectivity index (χ4v) is 1.23. The summed E-state index contributed by atoms with van der Waals surface area (Å²) < 4.78 is 10.2. The first kappa shape index (κ1) is 14.9. The predicted molar refractivity (Wildman–Crippen MR) is 60.9 cm³/mol. The van der Waals surface area contributed by atoms with Crippen molar-refractivity contribution in [1.29, 1.82) is 0 Å². The Balaban J connectivity index is 4.09. The van der Waals surface area contributed by atoms with Gasteiger partial charge in [-0.2, -0.15) is 0 Å². The van der Waals surface area contributed by atoms with Gasteiger partial charge in [0, 0.05) is 12.8 Å². The van der Waals surface area contributed by atoms with Gasteiger partial charge in [-0.05, 0) is 12.3 Å². The maximum Gasteiger partial charge on any atom is 0.305 e. The van der Waals surface area contributed by atoms with Crippen LogP contribution in [0.1, 0.15) is 47.0 Å². The summed E-state index contributed by atoms with van der Waals surface area (Å²) in [6, 6.07) is 0. The van der Waals surface area contributed by atoms with Crippen LogP contribution in [0.15, 0.2) is 0 Å². The zero-order valence-electron chi connectivity index (χ0n) is 10.6. The van der Waals surface area contributed by atoms with E-state index in [-0.39, 0.29) is 24.6 Å². The molecule has 4 heteroatoms. The van der Waals surface area contributed by atoms with Crippen LogP contribution in [0, 0.1) is 5.92 Å². The van der Waals surface area contributed by atoms with Crippen molar-refractivity contribution < 1.29 is 19.1 Å². The van der Waals surface area contributed by atoms with E-state index in [2.05, 4.69) is 0 Å². The van der Waals surface area contributed by atoms with Crippen molar-refractivity contribution in [3.63, 3.8) is 0 Å². The molecule has 0 aliphatic rings. The Kier molecular flexibility index (Phi) is 7.60. The lowest BCUT2D eigenvalue weighted by Crippen LogP contribution is -2.26. The van der Waals surface area contributed by atoms with E-state index in [0.29, 0.717) is 25.2 Å². The molecule has 0 bridgehead atoms. The number of rotatable bonds is 7. The van der Waals surface area contributed by atoms with Crippen molar-refractivity contribution in [2.45, 2.75) is 53.1 Å². The Morgan fingerprint density at radius 1 is 1.06 bits per heavy atom.